The molecule has 2 saturated heterocycles. The number of hydrogen-bond donors (Lipinski definition) is 1. The highest BCUT2D eigenvalue weighted by Crippen LogP contribution is 2.47. The summed E-state index contributed by atoms with van der Waals surface area (Å²) >= 11 is 0. The van der Waals surface area contributed by atoms with Gasteiger partial charge in [0.05, 0.1) is 34.8 Å². The molecule has 1 saturated carbocycles. The van der Waals surface area contributed by atoms with Crippen molar-refractivity contribution in [3.63, 3.8) is 0 Å². The third-order valence-electron chi connectivity index (χ3n) is 8.67. The number of fused-ring (bicyclic) bond motifs is 1. The van der Waals surface area contributed by atoms with Crippen LogP contribution in [0.15, 0.2) is 42.5 Å². The first-order valence-corrected chi connectivity index (χ1v) is 14.3. The summed E-state index contributed by atoms with van der Waals surface area (Å²) in [6, 6.07) is 15.0. The van der Waals surface area contributed by atoms with Crippen LogP contribution in [0, 0.1) is 11.3 Å². The first kappa shape index (κ1) is 27.0. The molecule has 2 atom stereocenters. The van der Waals surface area contributed by atoms with Crippen LogP contribution in [0.25, 0.3) is 0 Å². The second-order valence-corrected chi connectivity index (χ2v) is 11.4. The van der Waals surface area contributed by atoms with E-state index >= 15 is 0 Å². The molecule has 2 aromatic rings. The Bertz CT molecular complexity index is 1450. The molecule has 0 bridgehead atoms. The summed E-state index contributed by atoms with van der Waals surface area (Å²) < 4.78 is 6.32. The van der Waals surface area contributed by atoms with Gasteiger partial charge in [-0.1, -0.05) is 12.1 Å². The number of likely N-dealkylation sites (N-methyl/N-ethyl adjacent to an activating group) is 1. The lowest BCUT2D eigenvalue weighted by molar-refractivity contribution is -0.136. The number of piperidine rings is 1. The van der Waals surface area contributed by atoms with Gasteiger partial charge in [-0.05, 0) is 69.0 Å². The molecule has 6 rings (SSSR count). The highest BCUT2D eigenvalue weighted by molar-refractivity contribution is 6.23. The van der Waals surface area contributed by atoms with Gasteiger partial charge in [-0.2, -0.15) is 5.26 Å². The molecular formula is C31H33N5O5. The lowest BCUT2D eigenvalue weighted by atomic mass is 9.97. The number of nitriles is 1. The smallest absolute Gasteiger partial charge is 0.262 e. The highest BCUT2D eigenvalue weighted by Gasteiger charge is 2.46. The van der Waals surface area contributed by atoms with E-state index in [2.05, 4.69) is 59.3 Å². The Balaban J connectivity index is 1.03. The van der Waals surface area contributed by atoms with Crippen LogP contribution in [-0.4, -0.2) is 73.0 Å². The van der Waals surface area contributed by atoms with Gasteiger partial charge in [-0.15, -0.1) is 0 Å². The molecule has 1 aliphatic carbocycles. The lowest BCUT2D eigenvalue weighted by Gasteiger charge is -2.42. The fourth-order valence-corrected chi connectivity index (χ4v) is 6.07. The summed E-state index contributed by atoms with van der Waals surface area (Å²) in [6.45, 7) is 7.09. The SMILES string of the molecule is CCN(CC(C)OC1CN(c2ccc3c(c2)C(=O)N(C2CCC(=O)NC2=O)C3=O)C1)c1ccc(C2(C#N)CC2)cc1. The average molecular weight is 556 g/mol. The molecule has 0 radical (unpaired) electrons. The number of amides is 4. The second-order valence-electron chi connectivity index (χ2n) is 11.4. The van der Waals surface area contributed by atoms with Crippen molar-refractivity contribution in [2.75, 3.05) is 36.0 Å². The third-order valence-corrected chi connectivity index (χ3v) is 8.67. The normalized spacial score (nSPS) is 22.1. The molecule has 2 aromatic carbocycles. The monoisotopic (exact) mass is 555 g/mol. The van der Waals surface area contributed by atoms with Gasteiger partial charge < -0.3 is 14.5 Å². The van der Waals surface area contributed by atoms with E-state index in [1.165, 1.54) is 0 Å². The van der Waals surface area contributed by atoms with Gasteiger partial charge in [-0.3, -0.25) is 29.4 Å². The summed E-state index contributed by atoms with van der Waals surface area (Å²) in [5.74, 6) is -2.02. The Hall–Kier alpha value is -4.23. The average Bonchev–Trinajstić information content (AvgIpc) is 3.71. The van der Waals surface area contributed by atoms with E-state index < -0.39 is 29.7 Å². The van der Waals surface area contributed by atoms with E-state index in [4.69, 9.17) is 4.74 Å². The van der Waals surface area contributed by atoms with Crippen molar-refractivity contribution in [1.82, 2.24) is 10.2 Å². The number of benzene rings is 2. The van der Waals surface area contributed by atoms with Crippen LogP contribution >= 0.6 is 0 Å². The van der Waals surface area contributed by atoms with Gasteiger partial charge in [0.2, 0.25) is 11.8 Å². The van der Waals surface area contributed by atoms with Crippen LogP contribution in [0.5, 0.6) is 0 Å². The van der Waals surface area contributed by atoms with E-state index in [1.807, 2.05) is 6.07 Å². The maximum absolute atomic E-state index is 13.1. The zero-order chi connectivity index (χ0) is 28.9. The first-order chi connectivity index (χ1) is 19.7. The quantitative estimate of drug-likeness (QED) is 0.469. The molecule has 4 aliphatic rings. The summed E-state index contributed by atoms with van der Waals surface area (Å²) in [5, 5.41) is 11.7. The number of carbonyl (C=O) groups is 4. The minimum atomic E-state index is -0.972. The molecule has 212 valence electrons. The van der Waals surface area contributed by atoms with Crippen LogP contribution in [0.3, 0.4) is 0 Å². The molecule has 3 heterocycles. The molecule has 0 aromatic heterocycles. The number of imide groups is 2. The van der Waals surface area contributed by atoms with E-state index in [-0.39, 0.29) is 41.6 Å². The highest BCUT2D eigenvalue weighted by atomic mass is 16.5. The molecule has 3 aliphatic heterocycles. The number of anilines is 2. The van der Waals surface area contributed by atoms with Gasteiger partial charge in [0.15, 0.2) is 0 Å². The number of nitrogens with one attached hydrogen (secondary N) is 1. The number of ether oxygens (including phenoxy) is 1. The Kier molecular flexibility index (Phi) is 6.78. The Morgan fingerprint density at radius 3 is 2.41 bits per heavy atom. The van der Waals surface area contributed by atoms with Crippen molar-refractivity contribution in [2.45, 2.75) is 63.2 Å². The standard InChI is InChI=1S/C31H33N5O5/c1-3-34(21-6-4-20(5-7-21)31(18-32)12-13-31)15-19(2)41-23-16-35(17-23)22-8-9-24-25(14-22)30(40)36(29(24)39)26-10-11-27(37)33-28(26)38/h4-9,14,19,23,26H,3,10-13,15-17H2,1-2H3,(H,33,37,38). The van der Waals surface area contributed by atoms with E-state index in [9.17, 15) is 24.4 Å². The van der Waals surface area contributed by atoms with Crippen molar-refractivity contribution in [1.29, 1.82) is 5.26 Å². The summed E-state index contributed by atoms with van der Waals surface area (Å²) in [7, 11) is 0. The van der Waals surface area contributed by atoms with E-state index in [0.717, 1.165) is 47.8 Å². The van der Waals surface area contributed by atoms with Gasteiger partial charge in [0.25, 0.3) is 11.8 Å². The molecule has 2 unspecified atom stereocenters. The zero-order valence-electron chi connectivity index (χ0n) is 23.3. The Morgan fingerprint density at radius 1 is 1.07 bits per heavy atom. The van der Waals surface area contributed by atoms with Crippen LogP contribution in [0.1, 0.15) is 65.8 Å². The predicted octanol–water partition coefficient (Wildman–Crippen LogP) is 2.76. The maximum atomic E-state index is 13.1. The minimum absolute atomic E-state index is 0.00282. The number of carbonyl (C=O) groups excluding carboxylic acids is 4. The summed E-state index contributed by atoms with van der Waals surface area (Å²) in [6.07, 6.45) is 2.14. The van der Waals surface area contributed by atoms with Crippen molar-refractivity contribution < 1.29 is 23.9 Å². The van der Waals surface area contributed by atoms with Gasteiger partial charge in [-0.25, -0.2) is 0 Å². The second kappa shape index (κ2) is 10.3. The summed E-state index contributed by atoms with van der Waals surface area (Å²) in [5.41, 5.74) is 3.30. The fraction of sp³-hybridized carbons (Fsp3) is 0.452. The molecule has 1 N–H and O–H groups in total. The van der Waals surface area contributed by atoms with Crippen LogP contribution in [-0.2, 0) is 19.7 Å². The molecule has 0 spiro atoms. The van der Waals surface area contributed by atoms with Crippen molar-refractivity contribution in [3.05, 3.63) is 59.2 Å². The minimum Gasteiger partial charge on any atom is -0.370 e. The van der Waals surface area contributed by atoms with Crippen molar-refractivity contribution in [2.24, 2.45) is 0 Å². The van der Waals surface area contributed by atoms with Crippen LogP contribution in [0.4, 0.5) is 11.4 Å². The molecule has 3 fully saturated rings. The maximum Gasteiger partial charge on any atom is 0.262 e. The molecule has 10 heteroatoms. The zero-order valence-corrected chi connectivity index (χ0v) is 23.3. The molecule has 10 nitrogen and oxygen atoms in total. The van der Waals surface area contributed by atoms with Crippen LogP contribution < -0.4 is 15.1 Å². The van der Waals surface area contributed by atoms with E-state index in [1.54, 1.807) is 12.1 Å². The summed E-state index contributed by atoms with van der Waals surface area (Å²) in [4.78, 5) is 55.3. The Labute approximate surface area is 238 Å². The number of hydrogen-bond acceptors (Lipinski definition) is 8. The van der Waals surface area contributed by atoms with Crippen LogP contribution in [0.2, 0.25) is 0 Å². The molecule has 4 amide bonds. The third kappa shape index (κ3) is 4.84. The molecule has 41 heavy (non-hydrogen) atoms. The first-order valence-electron chi connectivity index (χ1n) is 14.3. The number of nitrogens with zero attached hydrogens (tertiary/aromatic N) is 4. The largest absolute Gasteiger partial charge is 0.370 e. The van der Waals surface area contributed by atoms with Gasteiger partial charge in [0, 0.05) is 44.0 Å². The predicted molar refractivity (Wildman–Crippen MR) is 151 cm³/mol. The van der Waals surface area contributed by atoms with Crippen molar-refractivity contribution in [3.8, 4) is 6.07 Å². The Morgan fingerprint density at radius 2 is 1.78 bits per heavy atom. The topological polar surface area (TPSA) is 123 Å². The van der Waals surface area contributed by atoms with Gasteiger partial charge >= 0.3 is 0 Å². The lowest BCUT2D eigenvalue weighted by Crippen LogP contribution is -2.54. The van der Waals surface area contributed by atoms with Crippen molar-refractivity contribution >= 4 is 35.0 Å². The molecular weight excluding hydrogens is 522 g/mol. The fourth-order valence-electron chi connectivity index (χ4n) is 6.07. The van der Waals surface area contributed by atoms with Gasteiger partial charge in [0.1, 0.15) is 6.04 Å². The number of rotatable bonds is 9. The van der Waals surface area contributed by atoms with E-state index in [0.29, 0.717) is 13.1 Å².